The molecule has 0 aliphatic heterocycles. The van der Waals surface area contributed by atoms with E-state index in [1.807, 2.05) is 19.1 Å². The van der Waals surface area contributed by atoms with Gasteiger partial charge in [-0.3, -0.25) is 9.59 Å². The summed E-state index contributed by atoms with van der Waals surface area (Å²) >= 11 is 0. The third kappa shape index (κ3) is 10.7. The fraction of sp³-hybridized carbons (Fsp3) is 0.400. The fourth-order valence-electron chi connectivity index (χ4n) is 3.11. The highest BCUT2D eigenvalue weighted by atomic mass is 127. The molecule has 0 aliphatic rings. The van der Waals surface area contributed by atoms with Gasteiger partial charge in [-0.2, -0.15) is 0 Å². The minimum atomic E-state index is -0.572. The van der Waals surface area contributed by atoms with Crippen LogP contribution in [-0.4, -0.2) is 37.4 Å². The number of aryl methyl sites for hydroxylation is 1. The molecule has 2 rings (SSSR count). The number of hydrogen-bond acceptors (Lipinski definition) is 3. The zero-order chi connectivity index (χ0) is 23.3. The van der Waals surface area contributed by atoms with E-state index in [9.17, 15) is 9.59 Å². The Morgan fingerprint density at radius 2 is 1.58 bits per heavy atom. The van der Waals surface area contributed by atoms with E-state index in [1.165, 1.54) is 11.1 Å². The minimum Gasteiger partial charge on any atom is -0.368 e. The number of hydrogen-bond donors (Lipinski definition) is 4. The number of halogens is 1. The molecule has 5 N–H and O–H groups in total. The van der Waals surface area contributed by atoms with Crippen LogP contribution in [-0.2, 0) is 17.8 Å². The molecule has 8 heteroatoms. The van der Waals surface area contributed by atoms with Crippen LogP contribution in [0.2, 0.25) is 0 Å². The zero-order valence-electron chi connectivity index (χ0n) is 19.7. The van der Waals surface area contributed by atoms with Crippen molar-refractivity contribution in [1.82, 2.24) is 16.0 Å². The van der Waals surface area contributed by atoms with Gasteiger partial charge in [0.2, 0.25) is 5.91 Å². The monoisotopic (exact) mass is 565 g/mol. The van der Waals surface area contributed by atoms with E-state index in [4.69, 9.17) is 5.73 Å². The molecule has 2 aromatic rings. The Morgan fingerprint density at radius 1 is 0.939 bits per heavy atom. The topological polar surface area (TPSA) is 109 Å². The van der Waals surface area contributed by atoms with Crippen LogP contribution in [0.5, 0.6) is 0 Å². The van der Waals surface area contributed by atoms with E-state index >= 15 is 0 Å². The van der Waals surface area contributed by atoms with Gasteiger partial charge in [-0.1, -0.05) is 50.2 Å². The number of nitrogens with two attached hydrogens (primary N) is 1. The molecule has 0 bridgehead atoms. The van der Waals surface area contributed by atoms with Crippen molar-refractivity contribution in [3.05, 3.63) is 70.8 Å². The second kappa shape index (κ2) is 15.3. The molecule has 0 radical (unpaired) electrons. The number of nitrogens with one attached hydrogen (secondary N) is 3. The normalized spacial score (nSPS) is 11.0. The number of rotatable bonds is 11. The summed E-state index contributed by atoms with van der Waals surface area (Å²) in [6.07, 6.45) is 2.03. The maximum atomic E-state index is 11.9. The molecule has 180 valence electrons. The van der Waals surface area contributed by atoms with Gasteiger partial charge in [0.15, 0.2) is 5.96 Å². The van der Waals surface area contributed by atoms with Gasteiger partial charge in [0, 0.05) is 18.7 Å². The summed E-state index contributed by atoms with van der Waals surface area (Å²) < 4.78 is 0. The molecule has 2 aromatic carbocycles. The van der Waals surface area contributed by atoms with E-state index in [-0.39, 0.29) is 36.4 Å². The average molecular weight is 566 g/mol. The molecule has 0 aliphatic carbocycles. The highest BCUT2D eigenvalue weighted by molar-refractivity contribution is 14.0. The standard InChI is InChI=1S/C25H35N5O2.HI/c1-4-27-25(28-15-5-6-19-7-11-21(12-8-19)18(2)3)30-16-20-9-13-22(14-10-20)24(32)29-17-23(26)31;/h7-14,18H,4-6,15-17H2,1-3H3,(H2,26,31)(H,29,32)(H2,27,28,30);1H. The van der Waals surface area contributed by atoms with Crippen molar-refractivity contribution in [2.45, 2.75) is 46.1 Å². The van der Waals surface area contributed by atoms with Crippen LogP contribution in [0.3, 0.4) is 0 Å². The number of aliphatic imine (C=N–C) groups is 1. The van der Waals surface area contributed by atoms with Crippen molar-refractivity contribution in [2.24, 2.45) is 10.7 Å². The van der Waals surface area contributed by atoms with Crippen molar-refractivity contribution < 1.29 is 9.59 Å². The van der Waals surface area contributed by atoms with Gasteiger partial charge >= 0.3 is 0 Å². The smallest absolute Gasteiger partial charge is 0.251 e. The van der Waals surface area contributed by atoms with Gasteiger partial charge in [0.05, 0.1) is 13.1 Å². The summed E-state index contributed by atoms with van der Waals surface area (Å²) in [7, 11) is 0. The SMILES string of the molecule is CCNC(=NCc1ccc(C(=O)NCC(N)=O)cc1)NCCCc1ccc(C(C)C)cc1.I. The van der Waals surface area contributed by atoms with Gasteiger partial charge in [-0.05, 0) is 54.5 Å². The van der Waals surface area contributed by atoms with Gasteiger partial charge in [-0.15, -0.1) is 24.0 Å². The number of benzene rings is 2. The van der Waals surface area contributed by atoms with Crippen molar-refractivity contribution in [2.75, 3.05) is 19.6 Å². The largest absolute Gasteiger partial charge is 0.368 e. The lowest BCUT2D eigenvalue weighted by molar-refractivity contribution is -0.117. The second-order valence-electron chi connectivity index (χ2n) is 7.97. The Bertz CT molecular complexity index is 896. The summed E-state index contributed by atoms with van der Waals surface area (Å²) in [6, 6.07) is 16.0. The fourth-order valence-corrected chi connectivity index (χ4v) is 3.11. The molecule has 0 atom stereocenters. The van der Waals surface area contributed by atoms with Crippen LogP contribution < -0.4 is 21.7 Å². The molecule has 33 heavy (non-hydrogen) atoms. The number of carbonyl (C=O) groups excluding carboxylic acids is 2. The highest BCUT2D eigenvalue weighted by Crippen LogP contribution is 2.15. The van der Waals surface area contributed by atoms with Crippen LogP contribution in [0.4, 0.5) is 0 Å². The Balaban J connectivity index is 0.00000544. The first-order valence-electron chi connectivity index (χ1n) is 11.2. The summed E-state index contributed by atoms with van der Waals surface area (Å²) in [5, 5.41) is 9.11. The van der Waals surface area contributed by atoms with E-state index < -0.39 is 5.91 Å². The number of carbonyl (C=O) groups is 2. The molecular weight excluding hydrogens is 529 g/mol. The third-order valence-electron chi connectivity index (χ3n) is 4.98. The molecular formula is C25H36IN5O2. The van der Waals surface area contributed by atoms with Crippen LogP contribution in [0.25, 0.3) is 0 Å². The number of amides is 2. The number of primary amides is 1. The van der Waals surface area contributed by atoms with Crippen LogP contribution in [0, 0.1) is 0 Å². The molecule has 0 fully saturated rings. The lowest BCUT2D eigenvalue weighted by Gasteiger charge is -2.12. The first-order valence-corrected chi connectivity index (χ1v) is 11.2. The molecule has 0 saturated carbocycles. The van der Waals surface area contributed by atoms with Crippen molar-refractivity contribution in [3.8, 4) is 0 Å². The van der Waals surface area contributed by atoms with Crippen LogP contribution in [0.1, 0.15) is 60.2 Å². The Labute approximate surface area is 214 Å². The predicted octanol–water partition coefficient (Wildman–Crippen LogP) is 3.33. The van der Waals surface area contributed by atoms with E-state index in [1.54, 1.807) is 12.1 Å². The van der Waals surface area contributed by atoms with Crippen LogP contribution >= 0.6 is 24.0 Å². The van der Waals surface area contributed by atoms with Gasteiger partial charge in [0.1, 0.15) is 0 Å². The molecule has 0 saturated heterocycles. The summed E-state index contributed by atoms with van der Waals surface area (Å²) in [5.74, 6) is 0.426. The predicted molar refractivity (Wildman–Crippen MR) is 145 cm³/mol. The maximum absolute atomic E-state index is 11.9. The van der Waals surface area contributed by atoms with Crippen molar-refractivity contribution >= 4 is 41.8 Å². The molecule has 2 amide bonds. The van der Waals surface area contributed by atoms with E-state index in [0.29, 0.717) is 18.0 Å². The van der Waals surface area contributed by atoms with Gasteiger partial charge < -0.3 is 21.7 Å². The highest BCUT2D eigenvalue weighted by Gasteiger charge is 2.06. The Kier molecular flexibility index (Phi) is 13.1. The average Bonchev–Trinajstić information content (AvgIpc) is 2.79. The minimum absolute atomic E-state index is 0. The molecule has 0 spiro atoms. The molecule has 0 aromatic heterocycles. The molecule has 7 nitrogen and oxygen atoms in total. The first-order chi connectivity index (χ1) is 15.4. The summed E-state index contributed by atoms with van der Waals surface area (Å²) in [6.45, 7) is 8.38. The summed E-state index contributed by atoms with van der Waals surface area (Å²) in [5.41, 5.74) is 9.22. The van der Waals surface area contributed by atoms with Crippen molar-refractivity contribution in [3.63, 3.8) is 0 Å². The molecule has 0 unspecified atom stereocenters. The Morgan fingerprint density at radius 3 is 2.15 bits per heavy atom. The van der Waals surface area contributed by atoms with E-state index in [2.05, 4.69) is 59.1 Å². The van der Waals surface area contributed by atoms with Gasteiger partial charge in [-0.25, -0.2) is 4.99 Å². The first kappa shape index (κ1) is 28.4. The van der Waals surface area contributed by atoms with Crippen LogP contribution in [0.15, 0.2) is 53.5 Å². The quantitative estimate of drug-likeness (QED) is 0.145. The Hall–Kier alpha value is -2.62. The summed E-state index contributed by atoms with van der Waals surface area (Å²) in [4.78, 5) is 27.3. The number of nitrogens with zero attached hydrogens (tertiary/aromatic N) is 1. The maximum Gasteiger partial charge on any atom is 0.251 e. The lowest BCUT2D eigenvalue weighted by Crippen LogP contribution is -2.37. The lowest BCUT2D eigenvalue weighted by atomic mass is 10.0. The second-order valence-corrected chi connectivity index (χ2v) is 7.97. The third-order valence-corrected chi connectivity index (χ3v) is 4.98. The van der Waals surface area contributed by atoms with E-state index in [0.717, 1.165) is 37.5 Å². The molecule has 0 heterocycles. The zero-order valence-corrected chi connectivity index (χ0v) is 22.0. The van der Waals surface area contributed by atoms with Gasteiger partial charge in [0.25, 0.3) is 5.91 Å². The van der Waals surface area contributed by atoms with Crippen molar-refractivity contribution in [1.29, 1.82) is 0 Å². The number of guanidine groups is 1.